The van der Waals surface area contributed by atoms with E-state index in [-0.39, 0.29) is 0 Å². The van der Waals surface area contributed by atoms with Gasteiger partial charge in [-0.3, -0.25) is 0 Å². The van der Waals surface area contributed by atoms with E-state index in [4.69, 9.17) is 0 Å². The summed E-state index contributed by atoms with van der Waals surface area (Å²) in [6.07, 6.45) is 3.42. The molecular weight excluding hydrogens is 226 g/mol. The number of hydrogen-bond acceptors (Lipinski definition) is 3. The normalized spacial score (nSPS) is 11.3. The van der Waals surface area contributed by atoms with E-state index in [0.29, 0.717) is 0 Å². The summed E-state index contributed by atoms with van der Waals surface area (Å²) in [6.45, 7) is 0. The predicted octanol–water partition coefficient (Wildman–Crippen LogP) is 2.50. The third-order valence-corrected chi connectivity index (χ3v) is 2.95. The van der Waals surface area contributed by atoms with E-state index >= 15 is 0 Å². The maximum absolute atomic E-state index is 4.52. The van der Waals surface area contributed by atoms with Gasteiger partial charge >= 0.3 is 0 Å². The van der Waals surface area contributed by atoms with Gasteiger partial charge in [-0.15, -0.1) is 0 Å². The lowest BCUT2D eigenvalue weighted by molar-refractivity contribution is 1.27. The summed E-state index contributed by atoms with van der Waals surface area (Å²) < 4.78 is 0. The quantitative estimate of drug-likeness (QED) is 0.532. The Morgan fingerprint density at radius 1 is 1.00 bits per heavy atom. The molecule has 0 aromatic carbocycles. The first kappa shape index (κ1) is 9.35. The highest BCUT2D eigenvalue weighted by atomic mass is 15.0. The highest BCUT2D eigenvalue weighted by molar-refractivity contribution is 5.83. The van der Waals surface area contributed by atoms with Gasteiger partial charge in [-0.2, -0.15) is 0 Å². The number of hydrogen-bond donors (Lipinski definition) is 2. The SMILES string of the molecule is c1cnc2[nH]c(-c3ccc4nc[nH]c4n3)cc2c1. The van der Waals surface area contributed by atoms with Crippen LogP contribution in [-0.2, 0) is 0 Å². The average Bonchev–Trinajstić information content (AvgIpc) is 3.04. The number of nitrogens with zero attached hydrogens (tertiary/aromatic N) is 3. The smallest absolute Gasteiger partial charge is 0.157 e. The topological polar surface area (TPSA) is 70.2 Å². The highest BCUT2D eigenvalue weighted by Crippen LogP contribution is 2.22. The molecule has 86 valence electrons. The number of fused-ring (bicyclic) bond motifs is 2. The van der Waals surface area contributed by atoms with Crippen LogP contribution in [0.3, 0.4) is 0 Å². The van der Waals surface area contributed by atoms with Crippen molar-refractivity contribution in [2.75, 3.05) is 0 Å². The predicted molar refractivity (Wildman–Crippen MR) is 69.0 cm³/mol. The van der Waals surface area contributed by atoms with Gasteiger partial charge in [0.15, 0.2) is 5.65 Å². The number of imidazole rings is 1. The summed E-state index contributed by atoms with van der Waals surface area (Å²) in [6, 6.07) is 9.90. The van der Waals surface area contributed by atoms with Crippen molar-refractivity contribution in [3.05, 3.63) is 42.9 Å². The van der Waals surface area contributed by atoms with Crippen LogP contribution in [0.15, 0.2) is 42.9 Å². The monoisotopic (exact) mass is 235 g/mol. The van der Waals surface area contributed by atoms with Crippen LogP contribution >= 0.6 is 0 Å². The van der Waals surface area contributed by atoms with E-state index in [1.807, 2.05) is 30.3 Å². The van der Waals surface area contributed by atoms with Gasteiger partial charge in [-0.05, 0) is 30.3 Å². The number of aromatic amines is 2. The van der Waals surface area contributed by atoms with E-state index in [1.54, 1.807) is 12.5 Å². The molecule has 0 aliphatic heterocycles. The van der Waals surface area contributed by atoms with Crippen LogP contribution in [0.2, 0.25) is 0 Å². The summed E-state index contributed by atoms with van der Waals surface area (Å²) in [4.78, 5) is 19.2. The van der Waals surface area contributed by atoms with Crippen LogP contribution in [0.25, 0.3) is 33.6 Å². The second-order valence-corrected chi connectivity index (χ2v) is 4.09. The Labute approximate surface area is 102 Å². The third kappa shape index (κ3) is 1.31. The fourth-order valence-corrected chi connectivity index (χ4v) is 2.07. The molecule has 0 saturated carbocycles. The molecular formula is C13H9N5. The molecule has 4 aromatic rings. The molecule has 5 nitrogen and oxygen atoms in total. The molecule has 0 atom stereocenters. The van der Waals surface area contributed by atoms with Crippen molar-refractivity contribution in [1.82, 2.24) is 24.9 Å². The molecule has 4 heterocycles. The van der Waals surface area contributed by atoms with E-state index in [1.165, 1.54) is 0 Å². The van der Waals surface area contributed by atoms with E-state index in [9.17, 15) is 0 Å². The van der Waals surface area contributed by atoms with Crippen LogP contribution in [-0.4, -0.2) is 24.9 Å². The first-order valence-electron chi connectivity index (χ1n) is 5.64. The van der Waals surface area contributed by atoms with E-state index in [2.05, 4.69) is 24.9 Å². The summed E-state index contributed by atoms with van der Waals surface area (Å²) in [5, 5.41) is 1.08. The molecule has 0 saturated heterocycles. The van der Waals surface area contributed by atoms with Gasteiger partial charge < -0.3 is 9.97 Å². The Hall–Kier alpha value is -2.69. The van der Waals surface area contributed by atoms with Crippen molar-refractivity contribution in [2.45, 2.75) is 0 Å². The van der Waals surface area contributed by atoms with Crippen LogP contribution in [0, 0.1) is 0 Å². The number of pyridine rings is 2. The molecule has 0 amide bonds. The lowest BCUT2D eigenvalue weighted by atomic mass is 10.2. The van der Waals surface area contributed by atoms with Gasteiger partial charge in [0, 0.05) is 11.6 Å². The number of rotatable bonds is 1. The van der Waals surface area contributed by atoms with Gasteiger partial charge in [0.1, 0.15) is 11.2 Å². The molecule has 0 bridgehead atoms. The molecule has 5 heteroatoms. The Morgan fingerprint density at radius 3 is 2.94 bits per heavy atom. The summed E-state index contributed by atoms with van der Waals surface area (Å²) in [5.74, 6) is 0. The maximum atomic E-state index is 4.52. The zero-order chi connectivity index (χ0) is 11.9. The van der Waals surface area contributed by atoms with E-state index < -0.39 is 0 Å². The van der Waals surface area contributed by atoms with Gasteiger partial charge in [0.25, 0.3) is 0 Å². The first-order valence-corrected chi connectivity index (χ1v) is 5.64. The van der Waals surface area contributed by atoms with Gasteiger partial charge in [-0.25, -0.2) is 15.0 Å². The maximum Gasteiger partial charge on any atom is 0.157 e. The van der Waals surface area contributed by atoms with Crippen molar-refractivity contribution < 1.29 is 0 Å². The molecule has 0 fully saturated rings. The zero-order valence-electron chi connectivity index (χ0n) is 9.38. The molecule has 0 aliphatic rings. The minimum Gasteiger partial charge on any atom is -0.338 e. The average molecular weight is 235 g/mol. The lowest BCUT2D eigenvalue weighted by Gasteiger charge is -1.96. The Balaban J connectivity index is 1.94. The van der Waals surface area contributed by atoms with Crippen LogP contribution < -0.4 is 0 Å². The molecule has 0 aliphatic carbocycles. The van der Waals surface area contributed by atoms with Crippen molar-refractivity contribution in [1.29, 1.82) is 0 Å². The van der Waals surface area contributed by atoms with Crippen molar-refractivity contribution in [3.63, 3.8) is 0 Å². The number of aromatic nitrogens is 5. The fraction of sp³-hybridized carbons (Fsp3) is 0. The van der Waals surface area contributed by atoms with E-state index in [0.717, 1.165) is 33.6 Å². The van der Waals surface area contributed by atoms with Crippen molar-refractivity contribution in [3.8, 4) is 11.4 Å². The summed E-state index contributed by atoms with van der Waals surface area (Å²) in [7, 11) is 0. The van der Waals surface area contributed by atoms with Crippen molar-refractivity contribution >= 4 is 22.2 Å². The molecule has 0 radical (unpaired) electrons. The molecule has 0 unspecified atom stereocenters. The summed E-state index contributed by atoms with van der Waals surface area (Å²) in [5.41, 5.74) is 4.37. The molecule has 18 heavy (non-hydrogen) atoms. The minimum absolute atomic E-state index is 0.791. The largest absolute Gasteiger partial charge is 0.338 e. The first-order chi connectivity index (χ1) is 8.90. The van der Waals surface area contributed by atoms with Gasteiger partial charge in [0.2, 0.25) is 0 Å². The second-order valence-electron chi connectivity index (χ2n) is 4.09. The Morgan fingerprint density at radius 2 is 2.00 bits per heavy atom. The Kier molecular flexibility index (Phi) is 1.77. The minimum atomic E-state index is 0.791. The second kappa shape index (κ2) is 3.40. The van der Waals surface area contributed by atoms with Crippen LogP contribution in [0.1, 0.15) is 0 Å². The fourth-order valence-electron chi connectivity index (χ4n) is 2.07. The van der Waals surface area contributed by atoms with Crippen molar-refractivity contribution in [2.24, 2.45) is 0 Å². The van der Waals surface area contributed by atoms with Gasteiger partial charge in [0.05, 0.1) is 17.7 Å². The highest BCUT2D eigenvalue weighted by Gasteiger charge is 2.06. The third-order valence-electron chi connectivity index (χ3n) is 2.95. The van der Waals surface area contributed by atoms with Crippen LogP contribution in [0.4, 0.5) is 0 Å². The molecule has 0 spiro atoms. The van der Waals surface area contributed by atoms with Gasteiger partial charge in [-0.1, -0.05) is 0 Å². The standard InChI is InChI=1S/C13H9N5/c1-2-8-6-11(18-12(8)14-5-1)9-3-4-10-13(17-9)16-7-15-10/h1-7H,(H,14,18)(H,15,16,17). The summed E-state index contributed by atoms with van der Waals surface area (Å²) >= 11 is 0. The number of nitrogens with one attached hydrogen (secondary N) is 2. The lowest BCUT2D eigenvalue weighted by Crippen LogP contribution is -1.84. The van der Waals surface area contributed by atoms with Crippen LogP contribution in [0.5, 0.6) is 0 Å². The molecule has 4 aromatic heterocycles. The number of H-pyrrole nitrogens is 2. The molecule has 4 rings (SSSR count). The Bertz CT molecular complexity index is 809. The molecule has 2 N–H and O–H groups in total. The zero-order valence-corrected chi connectivity index (χ0v) is 9.38.